The third-order valence-corrected chi connectivity index (χ3v) is 6.18. The highest BCUT2D eigenvalue weighted by Crippen LogP contribution is 2.32. The summed E-state index contributed by atoms with van der Waals surface area (Å²) >= 11 is 1.49. The molecule has 3 heterocycles. The molecule has 1 amide bonds. The molecule has 1 aromatic carbocycles. The average molecular weight is 346 g/mol. The molecule has 0 saturated carbocycles. The van der Waals surface area contributed by atoms with Crippen molar-refractivity contribution in [1.29, 1.82) is 0 Å². The molecule has 0 fully saturated rings. The Morgan fingerprint density at radius 3 is 2.74 bits per heavy atom. The molecule has 116 valence electrons. The lowest BCUT2D eigenvalue weighted by Gasteiger charge is -2.12. The summed E-state index contributed by atoms with van der Waals surface area (Å²) < 4.78 is 31.3. The molecule has 8 heteroatoms. The standard InChI is InChI=1S/C15H10N2O4S2/c18-15-10-4-1-2-6-13(10)23(19,20)17(15)9-14-16-8-11(21-14)12-5-3-7-22-12/h1-8H,9H2. The second-order valence-corrected chi connectivity index (χ2v) is 7.69. The van der Waals surface area contributed by atoms with Crippen LogP contribution in [0.25, 0.3) is 10.6 Å². The molecule has 0 saturated heterocycles. The van der Waals surface area contributed by atoms with Crippen LogP contribution in [0, 0.1) is 0 Å². The smallest absolute Gasteiger partial charge is 0.269 e. The van der Waals surface area contributed by atoms with Crippen molar-refractivity contribution >= 4 is 27.3 Å². The Morgan fingerprint density at radius 2 is 2.00 bits per heavy atom. The fourth-order valence-corrected chi connectivity index (χ4v) is 4.62. The van der Waals surface area contributed by atoms with Crippen LogP contribution in [0.5, 0.6) is 0 Å². The molecular formula is C15H10N2O4S2. The number of oxazole rings is 1. The average Bonchev–Trinajstić information content (AvgIpc) is 3.25. The van der Waals surface area contributed by atoms with E-state index >= 15 is 0 Å². The largest absolute Gasteiger partial charge is 0.438 e. The van der Waals surface area contributed by atoms with E-state index in [0.29, 0.717) is 5.76 Å². The molecule has 1 aliphatic heterocycles. The molecule has 6 nitrogen and oxygen atoms in total. The Morgan fingerprint density at radius 1 is 1.17 bits per heavy atom. The van der Waals surface area contributed by atoms with Crippen LogP contribution in [-0.2, 0) is 16.6 Å². The van der Waals surface area contributed by atoms with Gasteiger partial charge in [-0.1, -0.05) is 18.2 Å². The molecule has 4 rings (SSSR count). The second kappa shape index (κ2) is 5.04. The SMILES string of the molecule is O=C1c2ccccc2S(=O)(=O)N1Cc1ncc(-c2cccs2)o1. The van der Waals surface area contributed by atoms with Crippen molar-refractivity contribution in [1.82, 2.24) is 9.29 Å². The first-order valence-electron chi connectivity index (χ1n) is 6.72. The maximum atomic E-state index is 12.5. The lowest BCUT2D eigenvalue weighted by Crippen LogP contribution is -2.29. The summed E-state index contributed by atoms with van der Waals surface area (Å²) in [6, 6.07) is 9.91. The number of amides is 1. The lowest BCUT2D eigenvalue weighted by atomic mass is 10.2. The molecule has 1 aliphatic rings. The van der Waals surface area contributed by atoms with Crippen molar-refractivity contribution in [2.24, 2.45) is 0 Å². The summed E-state index contributed by atoms with van der Waals surface area (Å²) in [5.41, 5.74) is 0.178. The summed E-state index contributed by atoms with van der Waals surface area (Å²) in [6.45, 7) is -0.221. The van der Waals surface area contributed by atoms with Gasteiger partial charge in [0.15, 0.2) is 5.76 Å². The number of rotatable bonds is 3. The Hall–Kier alpha value is -2.45. The van der Waals surface area contributed by atoms with E-state index in [0.717, 1.165) is 9.18 Å². The zero-order chi connectivity index (χ0) is 16.0. The van der Waals surface area contributed by atoms with Gasteiger partial charge in [0.25, 0.3) is 15.9 Å². The number of aromatic nitrogens is 1. The lowest BCUT2D eigenvalue weighted by molar-refractivity contribution is 0.0857. The monoisotopic (exact) mass is 346 g/mol. The minimum absolute atomic E-state index is 0.0232. The van der Waals surface area contributed by atoms with Gasteiger partial charge >= 0.3 is 0 Å². The van der Waals surface area contributed by atoms with Gasteiger partial charge in [-0.3, -0.25) is 4.79 Å². The zero-order valence-corrected chi connectivity index (χ0v) is 13.3. The molecule has 0 atom stereocenters. The van der Waals surface area contributed by atoms with E-state index in [4.69, 9.17) is 4.42 Å². The Labute approximate surface area is 136 Å². The van der Waals surface area contributed by atoms with E-state index in [-0.39, 0.29) is 22.9 Å². The molecular weight excluding hydrogens is 336 g/mol. The topological polar surface area (TPSA) is 80.5 Å². The van der Waals surface area contributed by atoms with Crippen LogP contribution in [0.15, 0.2) is 57.3 Å². The Balaban J connectivity index is 1.67. The maximum absolute atomic E-state index is 12.5. The van der Waals surface area contributed by atoms with E-state index in [1.807, 2.05) is 17.5 Å². The van der Waals surface area contributed by atoms with Crippen LogP contribution < -0.4 is 0 Å². The first-order valence-corrected chi connectivity index (χ1v) is 9.04. The molecule has 0 aliphatic carbocycles. The van der Waals surface area contributed by atoms with Gasteiger partial charge < -0.3 is 4.42 Å². The Kier molecular flexibility index (Phi) is 3.10. The molecule has 0 radical (unpaired) electrons. The van der Waals surface area contributed by atoms with Gasteiger partial charge in [0.1, 0.15) is 11.4 Å². The summed E-state index contributed by atoms with van der Waals surface area (Å²) in [5.74, 6) is 0.172. The van der Waals surface area contributed by atoms with E-state index < -0.39 is 15.9 Å². The maximum Gasteiger partial charge on any atom is 0.269 e. The van der Waals surface area contributed by atoms with E-state index in [9.17, 15) is 13.2 Å². The van der Waals surface area contributed by atoms with Crippen molar-refractivity contribution in [2.75, 3.05) is 0 Å². The highest BCUT2D eigenvalue weighted by molar-refractivity contribution is 7.90. The van der Waals surface area contributed by atoms with Crippen molar-refractivity contribution in [3.8, 4) is 10.6 Å². The van der Waals surface area contributed by atoms with Crippen molar-refractivity contribution in [3.05, 3.63) is 59.4 Å². The first kappa shape index (κ1) is 14.2. The van der Waals surface area contributed by atoms with Crippen LogP contribution in [0.1, 0.15) is 16.2 Å². The van der Waals surface area contributed by atoms with Gasteiger partial charge in [-0.05, 0) is 23.6 Å². The van der Waals surface area contributed by atoms with Crippen LogP contribution in [-0.4, -0.2) is 23.6 Å². The predicted octanol–water partition coefficient (Wildman–Crippen LogP) is 2.75. The number of sulfonamides is 1. The second-order valence-electron chi connectivity index (χ2n) is 4.91. The normalized spacial score (nSPS) is 15.8. The summed E-state index contributed by atoms with van der Waals surface area (Å²) in [4.78, 5) is 17.3. The third-order valence-electron chi connectivity index (χ3n) is 3.51. The fourth-order valence-electron chi connectivity index (χ4n) is 2.43. The van der Waals surface area contributed by atoms with Crippen LogP contribution in [0.2, 0.25) is 0 Å². The highest BCUT2D eigenvalue weighted by Gasteiger charge is 2.41. The summed E-state index contributed by atoms with van der Waals surface area (Å²) in [7, 11) is -3.85. The number of carbonyl (C=O) groups excluding carboxylic acids is 1. The number of benzene rings is 1. The van der Waals surface area contributed by atoms with Gasteiger partial charge in [0.2, 0.25) is 5.89 Å². The fraction of sp³-hybridized carbons (Fsp3) is 0.0667. The number of thiophene rings is 1. The molecule has 2 aromatic heterocycles. The van der Waals surface area contributed by atoms with Gasteiger partial charge in [-0.15, -0.1) is 11.3 Å². The minimum atomic E-state index is -3.85. The number of fused-ring (bicyclic) bond motifs is 1. The van der Waals surface area contributed by atoms with Crippen molar-refractivity contribution in [3.63, 3.8) is 0 Å². The van der Waals surface area contributed by atoms with Gasteiger partial charge in [0, 0.05) is 0 Å². The van der Waals surface area contributed by atoms with E-state index in [2.05, 4.69) is 4.98 Å². The molecule has 0 N–H and O–H groups in total. The van der Waals surface area contributed by atoms with Crippen molar-refractivity contribution in [2.45, 2.75) is 11.4 Å². The number of hydrogen-bond donors (Lipinski definition) is 0. The van der Waals surface area contributed by atoms with Gasteiger partial charge in [-0.2, -0.15) is 0 Å². The van der Waals surface area contributed by atoms with Crippen molar-refractivity contribution < 1.29 is 17.6 Å². The van der Waals surface area contributed by atoms with Crippen LogP contribution in [0.3, 0.4) is 0 Å². The molecule has 0 spiro atoms. The zero-order valence-electron chi connectivity index (χ0n) is 11.7. The molecule has 3 aromatic rings. The molecule has 0 bridgehead atoms. The third kappa shape index (κ3) is 2.18. The first-order chi connectivity index (χ1) is 11.1. The number of hydrogen-bond acceptors (Lipinski definition) is 6. The van der Waals surface area contributed by atoms with E-state index in [1.165, 1.54) is 29.7 Å². The van der Waals surface area contributed by atoms with Gasteiger partial charge in [0.05, 0.1) is 16.6 Å². The predicted molar refractivity (Wildman–Crippen MR) is 83.3 cm³/mol. The minimum Gasteiger partial charge on any atom is -0.438 e. The van der Waals surface area contributed by atoms with Crippen LogP contribution in [0.4, 0.5) is 0 Å². The summed E-state index contributed by atoms with van der Waals surface area (Å²) in [5, 5.41) is 1.91. The number of carbonyl (C=O) groups is 1. The molecule has 0 unspecified atom stereocenters. The van der Waals surface area contributed by atoms with Gasteiger partial charge in [-0.25, -0.2) is 17.7 Å². The highest BCUT2D eigenvalue weighted by atomic mass is 32.2. The number of nitrogens with zero attached hydrogens (tertiary/aromatic N) is 2. The Bertz CT molecular complexity index is 990. The van der Waals surface area contributed by atoms with E-state index in [1.54, 1.807) is 12.1 Å². The molecule has 23 heavy (non-hydrogen) atoms. The quantitative estimate of drug-likeness (QED) is 0.728. The summed E-state index contributed by atoms with van der Waals surface area (Å²) in [6.07, 6.45) is 1.53. The van der Waals surface area contributed by atoms with Crippen LogP contribution >= 0.6 is 11.3 Å².